The summed E-state index contributed by atoms with van der Waals surface area (Å²) in [7, 11) is 0. The average molecular weight is 542 g/mol. The summed E-state index contributed by atoms with van der Waals surface area (Å²) in [6, 6.07) is 23.8. The summed E-state index contributed by atoms with van der Waals surface area (Å²) >= 11 is 0. The first-order chi connectivity index (χ1) is 19.0. The molecule has 0 aliphatic carbocycles. The molecule has 0 aliphatic heterocycles. The van der Waals surface area contributed by atoms with Gasteiger partial charge in [0.2, 0.25) is 0 Å². The van der Waals surface area contributed by atoms with Crippen LogP contribution in [0.25, 0.3) is 5.69 Å². The molecule has 1 aromatic heterocycles. The Morgan fingerprint density at radius 1 is 0.925 bits per heavy atom. The molecule has 0 bridgehead atoms. The van der Waals surface area contributed by atoms with E-state index in [1.807, 2.05) is 63.2 Å². The van der Waals surface area contributed by atoms with Gasteiger partial charge in [-0.25, -0.2) is 9.18 Å². The van der Waals surface area contributed by atoms with Crippen LogP contribution in [0.3, 0.4) is 0 Å². The van der Waals surface area contributed by atoms with E-state index >= 15 is 0 Å². The van der Waals surface area contributed by atoms with Gasteiger partial charge in [-0.15, -0.1) is 0 Å². The van der Waals surface area contributed by atoms with E-state index in [0.29, 0.717) is 18.7 Å². The van der Waals surface area contributed by atoms with Crippen LogP contribution in [0.4, 0.5) is 10.2 Å². The maximum Gasteiger partial charge on any atom is 0.328 e. The van der Waals surface area contributed by atoms with Crippen molar-refractivity contribution < 1.29 is 18.7 Å². The van der Waals surface area contributed by atoms with Gasteiger partial charge < -0.3 is 15.8 Å². The third kappa shape index (κ3) is 6.90. The Morgan fingerprint density at radius 3 is 2.20 bits per heavy atom. The van der Waals surface area contributed by atoms with Crippen LogP contribution in [0.2, 0.25) is 0 Å². The van der Waals surface area contributed by atoms with Crippen LogP contribution in [-0.2, 0) is 16.0 Å². The molecule has 0 fully saturated rings. The molecule has 40 heavy (non-hydrogen) atoms. The van der Waals surface area contributed by atoms with E-state index in [-0.39, 0.29) is 28.5 Å². The maximum absolute atomic E-state index is 13.3. The van der Waals surface area contributed by atoms with Crippen molar-refractivity contribution in [2.45, 2.75) is 38.8 Å². The van der Waals surface area contributed by atoms with Gasteiger partial charge >= 0.3 is 5.97 Å². The highest BCUT2D eigenvalue weighted by atomic mass is 19.1. The molecule has 8 heteroatoms. The van der Waals surface area contributed by atoms with Crippen molar-refractivity contribution in [1.29, 1.82) is 0 Å². The number of nitrogens with one attached hydrogen (secondary N) is 1. The summed E-state index contributed by atoms with van der Waals surface area (Å²) in [6.45, 7) is 6.00. The fourth-order valence-corrected chi connectivity index (χ4v) is 4.28. The van der Waals surface area contributed by atoms with Gasteiger partial charge in [-0.2, -0.15) is 0 Å². The SMILES string of the molecule is CC(C)(C)OC(=O)[C@@H](NCCc1ccc(-n2c(N)c(C(=O)c3ccc(F)cc3)ccc2=O)cc1)c1ccccc1. The maximum atomic E-state index is 13.3. The smallest absolute Gasteiger partial charge is 0.328 e. The van der Waals surface area contributed by atoms with Crippen molar-refractivity contribution in [3.8, 4) is 5.69 Å². The molecule has 4 rings (SSSR count). The molecular weight excluding hydrogens is 509 g/mol. The minimum atomic E-state index is -0.612. The Balaban J connectivity index is 1.49. The second-order valence-corrected chi connectivity index (χ2v) is 10.4. The minimum Gasteiger partial charge on any atom is -0.459 e. The third-order valence-corrected chi connectivity index (χ3v) is 6.21. The number of rotatable bonds is 9. The molecule has 0 radical (unpaired) electrons. The average Bonchev–Trinajstić information content (AvgIpc) is 2.91. The molecule has 0 saturated carbocycles. The molecule has 1 atom stereocenters. The second-order valence-electron chi connectivity index (χ2n) is 10.4. The number of carbonyl (C=O) groups excluding carboxylic acids is 2. The summed E-state index contributed by atoms with van der Waals surface area (Å²) in [6.07, 6.45) is 0.611. The van der Waals surface area contributed by atoms with Gasteiger partial charge in [-0.3, -0.25) is 14.2 Å². The highest BCUT2D eigenvalue weighted by molar-refractivity contribution is 6.11. The van der Waals surface area contributed by atoms with Crippen LogP contribution in [0, 0.1) is 5.82 Å². The van der Waals surface area contributed by atoms with Crippen molar-refractivity contribution in [2.24, 2.45) is 0 Å². The fourth-order valence-electron chi connectivity index (χ4n) is 4.28. The number of hydrogen-bond donors (Lipinski definition) is 2. The summed E-state index contributed by atoms with van der Waals surface area (Å²) in [4.78, 5) is 38.5. The predicted octanol–water partition coefficient (Wildman–Crippen LogP) is 5.00. The molecule has 3 N–H and O–H groups in total. The Labute approximate surface area is 232 Å². The van der Waals surface area contributed by atoms with E-state index in [1.165, 1.54) is 41.0 Å². The third-order valence-electron chi connectivity index (χ3n) is 6.21. The molecule has 0 unspecified atom stereocenters. The molecule has 7 nitrogen and oxygen atoms in total. The standard InChI is InChI=1S/C32H32FN3O4/c1-32(2,3)40-31(39)28(22-7-5-4-6-8-22)35-20-19-21-9-15-25(16-10-21)36-27(37)18-17-26(30(36)34)29(38)23-11-13-24(33)14-12-23/h4-18,28,35H,19-20,34H2,1-3H3/t28-/m0/s1. The highest BCUT2D eigenvalue weighted by Crippen LogP contribution is 2.21. The molecule has 0 saturated heterocycles. The first-order valence-corrected chi connectivity index (χ1v) is 13.0. The fraction of sp³-hybridized carbons (Fsp3) is 0.219. The Hall–Kier alpha value is -4.56. The lowest BCUT2D eigenvalue weighted by Gasteiger charge is -2.25. The van der Waals surface area contributed by atoms with Crippen LogP contribution in [0.15, 0.2) is 95.8 Å². The Kier molecular flexibility index (Phi) is 8.60. The normalized spacial score (nSPS) is 12.1. The number of esters is 1. The molecule has 1 heterocycles. The number of nitrogens with two attached hydrogens (primary N) is 1. The summed E-state index contributed by atoms with van der Waals surface area (Å²) in [5.41, 5.74) is 7.99. The van der Waals surface area contributed by atoms with E-state index in [0.717, 1.165) is 11.1 Å². The number of ether oxygens (including phenoxy) is 1. The van der Waals surface area contributed by atoms with E-state index < -0.39 is 23.2 Å². The number of hydrogen-bond acceptors (Lipinski definition) is 6. The Bertz CT molecular complexity index is 1540. The van der Waals surface area contributed by atoms with E-state index in [4.69, 9.17) is 10.5 Å². The minimum absolute atomic E-state index is 0.000643. The first-order valence-electron chi connectivity index (χ1n) is 13.0. The predicted molar refractivity (Wildman–Crippen MR) is 153 cm³/mol. The van der Waals surface area contributed by atoms with E-state index in [1.54, 1.807) is 12.1 Å². The van der Waals surface area contributed by atoms with Gasteiger partial charge in [-0.05, 0) is 80.8 Å². The lowest BCUT2D eigenvalue weighted by atomic mass is 10.0. The van der Waals surface area contributed by atoms with Gasteiger partial charge in [0, 0.05) is 18.2 Å². The summed E-state index contributed by atoms with van der Waals surface area (Å²) in [5.74, 6) is -1.21. The number of halogens is 1. The first kappa shape index (κ1) is 28.4. The van der Waals surface area contributed by atoms with E-state index in [2.05, 4.69) is 5.32 Å². The summed E-state index contributed by atoms with van der Waals surface area (Å²) in [5, 5.41) is 3.30. The van der Waals surface area contributed by atoms with Crippen molar-refractivity contribution in [2.75, 3.05) is 12.3 Å². The van der Waals surface area contributed by atoms with Crippen LogP contribution in [0.1, 0.15) is 53.9 Å². The van der Waals surface area contributed by atoms with Gasteiger partial charge in [0.1, 0.15) is 23.3 Å². The van der Waals surface area contributed by atoms with Crippen molar-refractivity contribution in [1.82, 2.24) is 9.88 Å². The molecule has 3 aromatic carbocycles. The molecule has 206 valence electrons. The number of aromatic nitrogens is 1. The summed E-state index contributed by atoms with van der Waals surface area (Å²) < 4.78 is 20.2. The zero-order chi connectivity index (χ0) is 28.9. The van der Waals surface area contributed by atoms with Crippen LogP contribution in [0.5, 0.6) is 0 Å². The lowest BCUT2D eigenvalue weighted by Crippen LogP contribution is -2.35. The molecule has 0 amide bonds. The number of nitrogens with zero attached hydrogens (tertiary/aromatic N) is 1. The zero-order valence-electron chi connectivity index (χ0n) is 22.7. The number of pyridine rings is 1. The molecule has 4 aromatic rings. The Morgan fingerprint density at radius 2 is 1.57 bits per heavy atom. The van der Waals surface area contributed by atoms with Gasteiger partial charge in [0.25, 0.3) is 5.56 Å². The number of ketones is 1. The highest BCUT2D eigenvalue weighted by Gasteiger charge is 2.26. The lowest BCUT2D eigenvalue weighted by molar-refractivity contribution is -0.157. The zero-order valence-corrected chi connectivity index (χ0v) is 22.7. The number of anilines is 1. The van der Waals surface area contributed by atoms with Crippen LogP contribution < -0.4 is 16.6 Å². The van der Waals surface area contributed by atoms with Gasteiger partial charge in [-0.1, -0.05) is 42.5 Å². The van der Waals surface area contributed by atoms with Crippen LogP contribution >= 0.6 is 0 Å². The van der Waals surface area contributed by atoms with Crippen molar-refractivity contribution in [3.63, 3.8) is 0 Å². The van der Waals surface area contributed by atoms with Gasteiger partial charge in [0.05, 0.1) is 11.3 Å². The van der Waals surface area contributed by atoms with Crippen molar-refractivity contribution >= 4 is 17.6 Å². The number of carbonyl (C=O) groups is 2. The second kappa shape index (κ2) is 12.1. The van der Waals surface area contributed by atoms with Gasteiger partial charge in [0.15, 0.2) is 5.78 Å². The largest absolute Gasteiger partial charge is 0.459 e. The van der Waals surface area contributed by atoms with E-state index in [9.17, 15) is 18.8 Å². The quantitative estimate of drug-likeness (QED) is 0.228. The topological polar surface area (TPSA) is 103 Å². The monoisotopic (exact) mass is 541 g/mol. The van der Waals surface area contributed by atoms with Crippen LogP contribution in [-0.4, -0.2) is 28.5 Å². The molecule has 0 spiro atoms. The molecule has 0 aliphatic rings. The molecular formula is C32H32FN3O4. The number of nitrogen functional groups attached to an aromatic ring is 1. The number of benzene rings is 3. The van der Waals surface area contributed by atoms with Crippen molar-refractivity contribution in [3.05, 3.63) is 129 Å².